The molecule has 0 atom stereocenters. The minimum Gasteiger partial charge on any atom is -0.463 e. The zero-order valence-electron chi connectivity index (χ0n) is 9.46. The van der Waals surface area contributed by atoms with Gasteiger partial charge in [-0.2, -0.15) is 0 Å². The fraction of sp³-hybridized carbons (Fsp3) is 0.250. The van der Waals surface area contributed by atoms with Crippen LogP contribution in [0.3, 0.4) is 0 Å². The highest BCUT2D eigenvalue weighted by Gasteiger charge is 2.04. The van der Waals surface area contributed by atoms with Crippen LogP contribution in [0.1, 0.15) is 18.9 Å². The zero-order valence-corrected chi connectivity index (χ0v) is 9.46. The normalized spacial score (nSPS) is 10.4. The molecular weight excluding hydrogens is 222 g/mol. The topological polar surface area (TPSA) is 69.4 Å². The molecule has 1 aromatic rings. The van der Waals surface area contributed by atoms with Crippen LogP contribution in [0.2, 0.25) is 0 Å². The number of hydrogen-bond donors (Lipinski definition) is 0. The van der Waals surface area contributed by atoms with Gasteiger partial charge in [-0.1, -0.05) is 19.1 Å². The second kappa shape index (κ2) is 6.42. The molecule has 0 saturated heterocycles. The van der Waals surface area contributed by atoms with E-state index in [-0.39, 0.29) is 5.69 Å². The Kier molecular flexibility index (Phi) is 4.87. The molecule has 0 aliphatic carbocycles. The van der Waals surface area contributed by atoms with Gasteiger partial charge in [0, 0.05) is 18.2 Å². The van der Waals surface area contributed by atoms with Gasteiger partial charge in [-0.15, -0.1) is 0 Å². The molecule has 0 radical (unpaired) electrons. The number of nitrogens with zero attached hydrogens (tertiary/aromatic N) is 1. The van der Waals surface area contributed by atoms with Crippen LogP contribution in [0, 0.1) is 10.1 Å². The summed E-state index contributed by atoms with van der Waals surface area (Å²) in [5, 5.41) is 10.5. The smallest absolute Gasteiger partial charge is 0.330 e. The molecule has 0 saturated carbocycles. The lowest BCUT2D eigenvalue weighted by molar-refractivity contribution is -0.384. The van der Waals surface area contributed by atoms with Crippen LogP contribution in [0.25, 0.3) is 6.08 Å². The number of non-ortho nitro benzene ring substituents is 1. The van der Waals surface area contributed by atoms with E-state index in [0.717, 1.165) is 6.42 Å². The van der Waals surface area contributed by atoms with E-state index >= 15 is 0 Å². The maximum atomic E-state index is 11.2. The average Bonchev–Trinajstić information content (AvgIpc) is 2.34. The van der Waals surface area contributed by atoms with Crippen LogP contribution >= 0.6 is 0 Å². The van der Waals surface area contributed by atoms with Gasteiger partial charge in [-0.25, -0.2) is 4.79 Å². The molecule has 0 N–H and O–H groups in total. The molecule has 0 aromatic heterocycles. The first-order chi connectivity index (χ1) is 8.13. The van der Waals surface area contributed by atoms with Crippen LogP contribution in [-0.2, 0) is 9.53 Å². The molecule has 0 spiro atoms. The standard InChI is InChI=1S/C12H13NO4/c1-2-8-17-12(14)7-6-10-4-3-5-11(9-10)13(15)16/h3-7,9H,2,8H2,1H3. The molecule has 0 bridgehead atoms. The summed E-state index contributed by atoms with van der Waals surface area (Å²) in [5.74, 6) is -0.446. The first kappa shape index (κ1) is 12.9. The second-order valence-electron chi connectivity index (χ2n) is 3.35. The van der Waals surface area contributed by atoms with E-state index < -0.39 is 10.9 Å². The van der Waals surface area contributed by atoms with Crippen LogP contribution in [-0.4, -0.2) is 17.5 Å². The van der Waals surface area contributed by atoms with Crippen molar-refractivity contribution < 1.29 is 14.5 Å². The van der Waals surface area contributed by atoms with E-state index in [9.17, 15) is 14.9 Å². The van der Waals surface area contributed by atoms with E-state index in [0.29, 0.717) is 12.2 Å². The van der Waals surface area contributed by atoms with Gasteiger partial charge in [0.1, 0.15) is 0 Å². The Morgan fingerprint density at radius 3 is 2.94 bits per heavy atom. The Morgan fingerprint density at radius 2 is 2.29 bits per heavy atom. The molecule has 1 rings (SSSR count). The van der Waals surface area contributed by atoms with Gasteiger partial charge in [-0.05, 0) is 18.1 Å². The summed E-state index contributed by atoms with van der Waals surface area (Å²) < 4.78 is 4.83. The molecule has 0 heterocycles. The van der Waals surface area contributed by atoms with Crippen molar-refractivity contribution in [2.45, 2.75) is 13.3 Å². The van der Waals surface area contributed by atoms with Gasteiger partial charge < -0.3 is 4.74 Å². The van der Waals surface area contributed by atoms with Crippen molar-refractivity contribution in [1.29, 1.82) is 0 Å². The van der Waals surface area contributed by atoms with Gasteiger partial charge in [0.25, 0.3) is 5.69 Å². The molecule has 0 fully saturated rings. The van der Waals surface area contributed by atoms with Gasteiger partial charge in [-0.3, -0.25) is 10.1 Å². The van der Waals surface area contributed by atoms with E-state index in [1.54, 1.807) is 12.1 Å². The Balaban J connectivity index is 2.68. The van der Waals surface area contributed by atoms with Crippen LogP contribution in [0.5, 0.6) is 0 Å². The molecule has 1 aromatic carbocycles. The Morgan fingerprint density at radius 1 is 1.53 bits per heavy atom. The predicted octanol–water partition coefficient (Wildman–Crippen LogP) is 2.56. The SMILES string of the molecule is CCCOC(=O)C=Cc1cccc([N+](=O)[O-])c1. The maximum absolute atomic E-state index is 11.2. The largest absolute Gasteiger partial charge is 0.463 e. The first-order valence-corrected chi connectivity index (χ1v) is 5.22. The first-order valence-electron chi connectivity index (χ1n) is 5.22. The summed E-state index contributed by atoms with van der Waals surface area (Å²) >= 11 is 0. The third-order valence-corrected chi connectivity index (χ3v) is 1.94. The second-order valence-corrected chi connectivity index (χ2v) is 3.35. The van der Waals surface area contributed by atoms with Crippen molar-refractivity contribution in [1.82, 2.24) is 0 Å². The number of benzene rings is 1. The van der Waals surface area contributed by atoms with Crippen molar-refractivity contribution >= 4 is 17.7 Å². The third-order valence-electron chi connectivity index (χ3n) is 1.94. The van der Waals surface area contributed by atoms with Gasteiger partial charge in [0.05, 0.1) is 11.5 Å². The lowest BCUT2D eigenvalue weighted by Crippen LogP contribution is -2.00. The fourth-order valence-electron chi connectivity index (χ4n) is 1.16. The van der Waals surface area contributed by atoms with Gasteiger partial charge in [0.15, 0.2) is 0 Å². The molecule has 90 valence electrons. The lowest BCUT2D eigenvalue weighted by Gasteiger charge is -1.97. The van der Waals surface area contributed by atoms with Crippen LogP contribution in [0.4, 0.5) is 5.69 Å². The molecule has 0 amide bonds. The van der Waals surface area contributed by atoms with Crippen LogP contribution < -0.4 is 0 Å². The Hall–Kier alpha value is -2.17. The van der Waals surface area contributed by atoms with Gasteiger partial charge >= 0.3 is 5.97 Å². The van der Waals surface area contributed by atoms with Crippen molar-refractivity contribution in [3.05, 3.63) is 46.0 Å². The number of nitro benzene ring substituents is 1. The molecular formula is C12H13NO4. The fourth-order valence-corrected chi connectivity index (χ4v) is 1.16. The summed E-state index contributed by atoms with van der Waals surface area (Å²) in [7, 11) is 0. The summed E-state index contributed by atoms with van der Waals surface area (Å²) in [5.41, 5.74) is 0.585. The summed E-state index contributed by atoms with van der Waals surface area (Å²) in [6.07, 6.45) is 3.51. The molecule has 5 nitrogen and oxygen atoms in total. The summed E-state index contributed by atoms with van der Waals surface area (Å²) in [6.45, 7) is 2.27. The number of nitro groups is 1. The maximum Gasteiger partial charge on any atom is 0.330 e. The lowest BCUT2D eigenvalue weighted by atomic mass is 10.2. The van der Waals surface area contributed by atoms with Gasteiger partial charge in [0.2, 0.25) is 0 Å². The van der Waals surface area contributed by atoms with E-state index in [1.165, 1.54) is 24.3 Å². The van der Waals surface area contributed by atoms with Crippen molar-refractivity contribution in [2.24, 2.45) is 0 Å². The average molecular weight is 235 g/mol. The van der Waals surface area contributed by atoms with E-state index in [1.807, 2.05) is 6.92 Å². The third kappa shape index (κ3) is 4.46. The number of hydrogen-bond acceptors (Lipinski definition) is 4. The highest BCUT2D eigenvalue weighted by molar-refractivity contribution is 5.87. The number of esters is 1. The highest BCUT2D eigenvalue weighted by Crippen LogP contribution is 2.14. The molecule has 0 aliphatic rings. The Labute approximate surface area is 98.9 Å². The molecule has 0 aliphatic heterocycles. The highest BCUT2D eigenvalue weighted by atomic mass is 16.6. The summed E-state index contributed by atoms with van der Waals surface area (Å²) in [4.78, 5) is 21.2. The van der Waals surface area contributed by atoms with Crippen LogP contribution in [0.15, 0.2) is 30.3 Å². The quantitative estimate of drug-likeness (QED) is 0.340. The monoisotopic (exact) mass is 235 g/mol. The number of rotatable bonds is 5. The van der Waals surface area contributed by atoms with E-state index in [4.69, 9.17) is 4.74 Å². The minimum atomic E-state index is -0.479. The number of carbonyl (C=O) groups is 1. The Bertz CT molecular complexity index is 440. The molecule has 0 unspecified atom stereocenters. The van der Waals surface area contributed by atoms with Crippen molar-refractivity contribution in [2.75, 3.05) is 6.61 Å². The zero-order chi connectivity index (χ0) is 12.7. The van der Waals surface area contributed by atoms with Crippen molar-refractivity contribution in [3.8, 4) is 0 Å². The number of carbonyl (C=O) groups excluding carboxylic acids is 1. The summed E-state index contributed by atoms with van der Waals surface area (Å²) in [6, 6.07) is 6.03. The predicted molar refractivity (Wildman–Crippen MR) is 63.4 cm³/mol. The minimum absolute atomic E-state index is 0.00549. The van der Waals surface area contributed by atoms with E-state index in [2.05, 4.69) is 0 Å². The van der Waals surface area contributed by atoms with Crippen molar-refractivity contribution in [3.63, 3.8) is 0 Å². The molecule has 17 heavy (non-hydrogen) atoms. The molecule has 5 heteroatoms. The number of ether oxygens (including phenoxy) is 1.